The van der Waals surface area contributed by atoms with Crippen molar-refractivity contribution in [3.8, 4) is 5.75 Å². The van der Waals surface area contributed by atoms with E-state index in [0.717, 1.165) is 17.9 Å². The van der Waals surface area contributed by atoms with Crippen molar-refractivity contribution in [3.63, 3.8) is 0 Å². The molecule has 0 spiro atoms. The number of phenols is 1. The van der Waals surface area contributed by atoms with Gasteiger partial charge in [-0.1, -0.05) is 137 Å². The summed E-state index contributed by atoms with van der Waals surface area (Å²) in [6, 6.07) is 8.08. The van der Waals surface area contributed by atoms with Crippen molar-refractivity contribution in [2.24, 2.45) is 23.2 Å². The third-order valence-electron chi connectivity index (χ3n) is 7.95. The standard InChI is InChI=1S/C31H56O/c1-8-9-10-11-12-13-14-15-16-17-20-27(25(2)3)24-28(23-26(4)31(5,6)7)29-21-18-19-22-30(29)32/h18-19,21-22,25-28,32H,8-17,20,23-24H2,1-7H3. The fourth-order valence-electron chi connectivity index (χ4n) is 4.95. The monoisotopic (exact) mass is 444 g/mol. The second-order valence-electron chi connectivity index (χ2n) is 12.0. The van der Waals surface area contributed by atoms with Gasteiger partial charge in [0, 0.05) is 0 Å². The van der Waals surface area contributed by atoms with Gasteiger partial charge in [-0.05, 0) is 53.6 Å². The molecule has 1 rings (SSSR count). The van der Waals surface area contributed by atoms with Crippen molar-refractivity contribution in [3.05, 3.63) is 29.8 Å². The van der Waals surface area contributed by atoms with E-state index in [1.807, 2.05) is 12.1 Å². The van der Waals surface area contributed by atoms with Crippen LogP contribution in [0.4, 0.5) is 0 Å². The maximum Gasteiger partial charge on any atom is 0.119 e. The molecule has 0 bridgehead atoms. The molecule has 1 heteroatoms. The van der Waals surface area contributed by atoms with E-state index < -0.39 is 0 Å². The fraction of sp³-hybridized carbons (Fsp3) is 0.806. The second kappa shape index (κ2) is 15.8. The van der Waals surface area contributed by atoms with Gasteiger partial charge in [-0.3, -0.25) is 0 Å². The Morgan fingerprint density at radius 3 is 1.78 bits per heavy atom. The van der Waals surface area contributed by atoms with Gasteiger partial charge < -0.3 is 5.11 Å². The number of hydrogen-bond acceptors (Lipinski definition) is 1. The number of unbranched alkanes of at least 4 members (excludes halogenated alkanes) is 9. The van der Waals surface area contributed by atoms with Crippen LogP contribution in [0.2, 0.25) is 0 Å². The second-order valence-corrected chi connectivity index (χ2v) is 12.0. The molecule has 0 fully saturated rings. The molecule has 0 saturated heterocycles. The molecule has 1 N–H and O–H groups in total. The van der Waals surface area contributed by atoms with Gasteiger partial charge in [-0.25, -0.2) is 0 Å². The Kier molecular flexibility index (Phi) is 14.3. The van der Waals surface area contributed by atoms with Crippen molar-refractivity contribution in [1.82, 2.24) is 0 Å². The molecule has 0 heterocycles. The number of aromatic hydroxyl groups is 1. The smallest absolute Gasteiger partial charge is 0.119 e. The van der Waals surface area contributed by atoms with Gasteiger partial charge in [0.2, 0.25) is 0 Å². The van der Waals surface area contributed by atoms with Crippen LogP contribution < -0.4 is 0 Å². The first-order valence-corrected chi connectivity index (χ1v) is 13.9. The molecule has 3 atom stereocenters. The van der Waals surface area contributed by atoms with Crippen LogP contribution in [0.5, 0.6) is 5.75 Å². The van der Waals surface area contributed by atoms with Crippen LogP contribution in [0.25, 0.3) is 0 Å². The van der Waals surface area contributed by atoms with Gasteiger partial charge in [-0.15, -0.1) is 0 Å². The van der Waals surface area contributed by atoms with Gasteiger partial charge in [0.1, 0.15) is 5.75 Å². The SMILES string of the molecule is CCCCCCCCCCCCC(CC(CC(C)C(C)(C)C)c1ccccc1O)C(C)C. The van der Waals surface area contributed by atoms with Crippen LogP contribution in [0.15, 0.2) is 24.3 Å². The number of para-hydroxylation sites is 1. The molecule has 1 aromatic carbocycles. The van der Waals surface area contributed by atoms with Crippen LogP contribution in [0, 0.1) is 23.2 Å². The number of rotatable bonds is 17. The molecule has 0 amide bonds. The largest absolute Gasteiger partial charge is 0.508 e. The lowest BCUT2D eigenvalue weighted by Gasteiger charge is -2.34. The van der Waals surface area contributed by atoms with Gasteiger partial charge in [0.25, 0.3) is 0 Å². The van der Waals surface area contributed by atoms with E-state index in [0.29, 0.717) is 28.9 Å². The van der Waals surface area contributed by atoms with Crippen LogP contribution in [-0.4, -0.2) is 5.11 Å². The maximum atomic E-state index is 10.6. The molecule has 3 unspecified atom stereocenters. The van der Waals surface area contributed by atoms with E-state index in [1.165, 1.54) is 77.0 Å². The van der Waals surface area contributed by atoms with Crippen molar-refractivity contribution >= 4 is 0 Å². The lowest BCUT2D eigenvalue weighted by Crippen LogP contribution is -2.22. The van der Waals surface area contributed by atoms with E-state index in [1.54, 1.807) is 0 Å². The maximum absolute atomic E-state index is 10.6. The zero-order valence-electron chi connectivity index (χ0n) is 22.8. The molecule has 0 aromatic heterocycles. The summed E-state index contributed by atoms with van der Waals surface area (Å²) in [4.78, 5) is 0. The summed E-state index contributed by atoms with van der Waals surface area (Å²) in [7, 11) is 0. The summed E-state index contributed by atoms with van der Waals surface area (Å²) < 4.78 is 0. The molecule has 1 nitrogen and oxygen atoms in total. The molecule has 0 aliphatic carbocycles. The zero-order valence-corrected chi connectivity index (χ0v) is 22.8. The lowest BCUT2D eigenvalue weighted by molar-refractivity contribution is 0.210. The highest BCUT2D eigenvalue weighted by atomic mass is 16.3. The van der Waals surface area contributed by atoms with E-state index >= 15 is 0 Å². The van der Waals surface area contributed by atoms with Gasteiger partial charge >= 0.3 is 0 Å². The third kappa shape index (κ3) is 11.8. The van der Waals surface area contributed by atoms with Crippen LogP contribution in [0.3, 0.4) is 0 Å². The van der Waals surface area contributed by atoms with Crippen molar-refractivity contribution in [1.29, 1.82) is 0 Å². The Bertz CT molecular complexity index is 582. The van der Waals surface area contributed by atoms with Crippen LogP contribution in [0.1, 0.15) is 143 Å². The summed E-state index contributed by atoms with van der Waals surface area (Å²) in [5.41, 5.74) is 1.46. The molecule has 1 aromatic rings. The lowest BCUT2D eigenvalue weighted by atomic mass is 9.72. The Labute approximate surface area is 201 Å². The van der Waals surface area contributed by atoms with Gasteiger partial charge in [0.15, 0.2) is 0 Å². The Balaban J connectivity index is 2.58. The normalized spacial score (nSPS) is 15.1. The van der Waals surface area contributed by atoms with Crippen molar-refractivity contribution in [2.45, 2.75) is 138 Å². The minimum absolute atomic E-state index is 0.298. The summed E-state index contributed by atoms with van der Waals surface area (Å²) in [5, 5.41) is 10.6. The number of benzene rings is 1. The summed E-state index contributed by atoms with van der Waals surface area (Å²) >= 11 is 0. The molecule has 32 heavy (non-hydrogen) atoms. The van der Waals surface area contributed by atoms with E-state index in [2.05, 4.69) is 60.6 Å². The highest BCUT2D eigenvalue weighted by molar-refractivity contribution is 5.35. The van der Waals surface area contributed by atoms with E-state index in [4.69, 9.17) is 0 Å². The third-order valence-corrected chi connectivity index (χ3v) is 7.95. The molecule has 0 radical (unpaired) electrons. The molecular formula is C31H56O. The molecular weight excluding hydrogens is 388 g/mol. The van der Waals surface area contributed by atoms with Crippen LogP contribution >= 0.6 is 0 Å². The topological polar surface area (TPSA) is 20.2 Å². The Morgan fingerprint density at radius 1 is 0.750 bits per heavy atom. The quantitative estimate of drug-likeness (QED) is 0.237. The van der Waals surface area contributed by atoms with Gasteiger partial charge in [-0.2, -0.15) is 0 Å². The van der Waals surface area contributed by atoms with Crippen LogP contribution in [-0.2, 0) is 0 Å². The van der Waals surface area contributed by atoms with Gasteiger partial charge in [0.05, 0.1) is 0 Å². The Morgan fingerprint density at radius 2 is 1.28 bits per heavy atom. The average Bonchev–Trinajstić information content (AvgIpc) is 2.73. The summed E-state index contributed by atoms with van der Waals surface area (Å²) in [6.07, 6.45) is 17.7. The molecule has 0 saturated carbocycles. The predicted octanol–water partition coefficient (Wildman–Crippen LogP) is 10.5. The summed E-state index contributed by atoms with van der Waals surface area (Å²) in [6.45, 7) is 16.5. The minimum atomic E-state index is 0.298. The number of phenolic OH excluding ortho intramolecular Hbond substituents is 1. The molecule has 0 aliphatic heterocycles. The first-order valence-electron chi connectivity index (χ1n) is 13.9. The van der Waals surface area contributed by atoms with Crippen molar-refractivity contribution in [2.75, 3.05) is 0 Å². The highest BCUT2D eigenvalue weighted by Gasteiger charge is 2.28. The number of hydrogen-bond donors (Lipinski definition) is 1. The predicted molar refractivity (Wildman–Crippen MR) is 143 cm³/mol. The first kappa shape index (κ1) is 29.1. The van der Waals surface area contributed by atoms with E-state index in [9.17, 15) is 5.11 Å². The minimum Gasteiger partial charge on any atom is -0.508 e. The van der Waals surface area contributed by atoms with E-state index in [-0.39, 0.29) is 0 Å². The average molecular weight is 445 g/mol. The highest BCUT2D eigenvalue weighted by Crippen LogP contribution is 2.42. The van der Waals surface area contributed by atoms with Crippen molar-refractivity contribution < 1.29 is 5.11 Å². The fourth-order valence-corrected chi connectivity index (χ4v) is 4.95. The molecule has 0 aliphatic rings. The molecule has 186 valence electrons. The first-order chi connectivity index (χ1) is 15.2. The Hall–Kier alpha value is -0.980. The summed E-state index contributed by atoms with van der Waals surface area (Å²) in [5.74, 6) is 2.99. The zero-order chi connectivity index (χ0) is 24.0.